The molecule has 0 aliphatic heterocycles. The summed E-state index contributed by atoms with van der Waals surface area (Å²) in [6.07, 6.45) is 3.00. The van der Waals surface area contributed by atoms with Crippen LogP contribution in [0.2, 0.25) is 0 Å². The summed E-state index contributed by atoms with van der Waals surface area (Å²) in [5.41, 5.74) is -0.836. The molecule has 0 aliphatic carbocycles. The number of likely N-dealkylation sites (N-methyl/N-ethyl adjacent to an activating group) is 2. The summed E-state index contributed by atoms with van der Waals surface area (Å²) in [7, 11) is 3.75. The summed E-state index contributed by atoms with van der Waals surface area (Å²) in [5, 5.41) is 0. The predicted molar refractivity (Wildman–Crippen MR) is 163 cm³/mol. The quantitative estimate of drug-likeness (QED) is 0.144. The molecule has 0 fully saturated rings. The zero-order valence-electron chi connectivity index (χ0n) is 27.8. The van der Waals surface area contributed by atoms with E-state index in [0.29, 0.717) is 57.7 Å². The van der Waals surface area contributed by atoms with Crippen LogP contribution in [0, 0.1) is 17.8 Å². The van der Waals surface area contributed by atoms with Crippen LogP contribution in [0.4, 0.5) is 0 Å². The minimum atomic E-state index is -0.836. The lowest BCUT2D eigenvalue weighted by atomic mass is 9.90. The van der Waals surface area contributed by atoms with Gasteiger partial charge in [-0.25, -0.2) is 0 Å². The summed E-state index contributed by atoms with van der Waals surface area (Å²) in [6.45, 7) is 17.4. The van der Waals surface area contributed by atoms with E-state index in [1.807, 2.05) is 48.6 Å². The maximum Gasteiger partial charge on any atom is 0.248 e. The van der Waals surface area contributed by atoms with Gasteiger partial charge in [-0.1, -0.05) is 48.0 Å². The molecule has 9 nitrogen and oxygen atoms in total. The summed E-state index contributed by atoms with van der Waals surface area (Å²) < 4.78 is 17.8. The van der Waals surface area contributed by atoms with Gasteiger partial charge in [0.1, 0.15) is 24.0 Å². The van der Waals surface area contributed by atoms with Crippen LogP contribution in [-0.2, 0) is 33.4 Å². The molecule has 0 heterocycles. The molecule has 0 aromatic rings. The highest BCUT2D eigenvalue weighted by molar-refractivity contribution is 5.81. The summed E-state index contributed by atoms with van der Waals surface area (Å²) in [4.78, 5) is 53.7. The monoisotopic (exact) mass is 584 g/mol. The van der Waals surface area contributed by atoms with Crippen LogP contribution >= 0.6 is 0 Å². The van der Waals surface area contributed by atoms with E-state index >= 15 is 0 Å². The molecule has 1 amide bonds. The lowest BCUT2D eigenvalue weighted by molar-refractivity contribution is -0.149. The van der Waals surface area contributed by atoms with Crippen LogP contribution in [0.15, 0.2) is 0 Å². The third-order valence-corrected chi connectivity index (χ3v) is 7.76. The Bertz CT molecular complexity index is 711. The molecule has 0 spiro atoms. The Balaban J connectivity index is 5.66. The number of amides is 1. The fourth-order valence-corrected chi connectivity index (χ4v) is 4.02. The third-order valence-electron chi connectivity index (χ3n) is 7.76. The number of carbonyl (C=O) groups is 4. The molecule has 41 heavy (non-hydrogen) atoms. The third kappa shape index (κ3) is 16.5. The van der Waals surface area contributed by atoms with Crippen LogP contribution in [0.5, 0.6) is 0 Å². The molecule has 0 aliphatic rings. The largest absolute Gasteiger partial charge is 0.378 e. The fraction of sp³-hybridized carbons (Fsp3) is 0.875. The van der Waals surface area contributed by atoms with Gasteiger partial charge in [-0.2, -0.15) is 0 Å². The van der Waals surface area contributed by atoms with Crippen molar-refractivity contribution in [1.82, 2.24) is 9.80 Å². The van der Waals surface area contributed by atoms with Crippen LogP contribution in [0.25, 0.3) is 0 Å². The molecule has 9 heteroatoms. The zero-order chi connectivity index (χ0) is 31.6. The van der Waals surface area contributed by atoms with Crippen LogP contribution in [-0.4, -0.2) is 105 Å². The van der Waals surface area contributed by atoms with Crippen molar-refractivity contribution in [1.29, 1.82) is 0 Å². The van der Waals surface area contributed by atoms with Crippen molar-refractivity contribution in [3.05, 3.63) is 0 Å². The van der Waals surface area contributed by atoms with E-state index in [9.17, 15) is 19.2 Å². The average molecular weight is 585 g/mol. The molecule has 0 saturated carbocycles. The standard InChI is InChI=1S/C32H60N2O7/c1-24(2)28(35)13-11-12-16-32(22-40-18-14-29(36)25(3)4,23-41-19-15-30(37)26(5)6)34(10)31(38)21-39-20-17-33(9)27(7)8/h24-27H,11-23H2,1-10H3. The number of hydrogen-bond donors (Lipinski definition) is 0. The first-order valence-corrected chi connectivity index (χ1v) is 15.4. The van der Waals surface area contributed by atoms with Crippen molar-refractivity contribution in [2.45, 2.75) is 105 Å². The van der Waals surface area contributed by atoms with Crippen LogP contribution < -0.4 is 0 Å². The Hall–Kier alpha value is -1.68. The Kier molecular flexibility index (Phi) is 20.2. The van der Waals surface area contributed by atoms with Crippen molar-refractivity contribution in [2.24, 2.45) is 17.8 Å². The van der Waals surface area contributed by atoms with Gasteiger partial charge in [-0.3, -0.25) is 19.2 Å². The molecule has 0 N–H and O–H groups in total. The lowest BCUT2D eigenvalue weighted by Crippen LogP contribution is -2.57. The van der Waals surface area contributed by atoms with E-state index < -0.39 is 5.54 Å². The van der Waals surface area contributed by atoms with E-state index in [-0.39, 0.29) is 74.0 Å². The number of ether oxygens (including phenoxy) is 3. The Morgan fingerprint density at radius 1 is 0.634 bits per heavy atom. The van der Waals surface area contributed by atoms with Gasteiger partial charge >= 0.3 is 0 Å². The van der Waals surface area contributed by atoms with Crippen molar-refractivity contribution >= 4 is 23.3 Å². The predicted octanol–water partition coefficient (Wildman–Crippen LogP) is 4.59. The van der Waals surface area contributed by atoms with Crippen molar-refractivity contribution in [3.8, 4) is 0 Å². The maximum absolute atomic E-state index is 13.4. The van der Waals surface area contributed by atoms with Gasteiger partial charge in [-0.15, -0.1) is 0 Å². The molecule has 0 bridgehead atoms. The van der Waals surface area contributed by atoms with Crippen molar-refractivity contribution < 1.29 is 33.4 Å². The van der Waals surface area contributed by atoms with Gasteiger partial charge in [0.15, 0.2) is 0 Å². The topological polar surface area (TPSA) is 102 Å². The van der Waals surface area contributed by atoms with E-state index in [0.717, 1.165) is 0 Å². The molecular weight excluding hydrogens is 524 g/mol. The summed E-state index contributed by atoms with van der Waals surface area (Å²) in [6, 6.07) is 0.381. The first kappa shape index (κ1) is 39.3. The molecule has 0 radical (unpaired) electrons. The number of unbranched alkanes of at least 4 members (excludes halogenated alkanes) is 1. The molecule has 0 unspecified atom stereocenters. The number of carbonyl (C=O) groups excluding carboxylic acids is 4. The Labute approximate surface area is 250 Å². The van der Waals surface area contributed by atoms with Gasteiger partial charge in [0.25, 0.3) is 0 Å². The maximum atomic E-state index is 13.4. The summed E-state index contributed by atoms with van der Waals surface area (Å²) in [5.74, 6) is 0.107. The molecular formula is C32H60N2O7. The second-order valence-corrected chi connectivity index (χ2v) is 12.5. The molecule has 0 aromatic heterocycles. The van der Waals surface area contributed by atoms with Gasteiger partial charge < -0.3 is 24.0 Å². The first-order chi connectivity index (χ1) is 19.1. The Morgan fingerprint density at radius 2 is 1.10 bits per heavy atom. The van der Waals surface area contributed by atoms with Crippen LogP contribution in [0.3, 0.4) is 0 Å². The molecule has 240 valence electrons. The second kappa shape index (κ2) is 21.1. The summed E-state index contributed by atoms with van der Waals surface area (Å²) >= 11 is 0. The smallest absolute Gasteiger partial charge is 0.248 e. The minimum Gasteiger partial charge on any atom is -0.378 e. The van der Waals surface area contributed by atoms with Gasteiger partial charge in [0.05, 0.1) is 38.6 Å². The molecule has 0 rings (SSSR count). The minimum absolute atomic E-state index is 0.0143. The Morgan fingerprint density at radius 3 is 1.54 bits per heavy atom. The normalized spacial score (nSPS) is 12.3. The van der Waals surface area contributed by atoms with E-state index in [4.69, 9.17) is 14.2 Å². The van der Waals surface area contributed by atoms with Gasteiger partial charge in [0, 0.05) is 56.7 Å². The fourth-order valence-electron chi connectivity index (χ4n) is 4.02. The molecule has 0 saturated heterocycles. The highest BCUT2D eigenvalue weighted by atomic mass is 16.5. The lowest BCUT2D eigenvalue weighted by Gasteiger charge is -2.42. The highest BCUT2D eigenvalue weighted by Crippen LogP contribution is 2.25. The van der Waals surface area contributed by atoms with Gasteiger partial charge in [0.2, 0.25) is 5.91 Å². The number of Topliss-reactive ketones (excluding diaryl/α,β-unsaturated/α-hetero) is 3. The van der Waals surface area contributed by atoms with Crippen molar-refractivity contribution in [3.63, 3.8) is 0 Å². The number of ketones is 3. The number of hydrogen-bond acceptors (Lipinski definition) is 8. The highest BCUT2D eigenvalue weighted by Gasteiger charge is 2.38. The van der Waals surface area contributed by atoms with E-state index in [2.05, 4.69) is 18.7 Å². The molecule has 0 aromatic carbocycles. The van der Waals surface area contributed by atoms with E-state index in [1.165, 1.54) is 0 Å². The SMILES string of the molecule is CC(C)C(=O)CCCCC(COCCC(=O)C(C)C)(COCCC(=O)C(C)C)N(C)C(=O)COCCN(C)C(C)C. The second-order valence-electron chi connectivity index (χ2n) is 12.5. The van der Waals surface area contributed by atoms with Crippen molar-refractivity contribution in [2.75, 3.05) is 60.3 Å². The zero-order valence-corrected chi connectivity index (χ0v) is 27.8. The first-order valence-electron chi connectivity index (χ1n) is 15.4. The molecule has 0 atom stereocenters. The number of nitrogens with zero attached hydrogens (tertiary/aromatic N) is 2. The average Bonchev–Trinajstić information content (AvgIpc) is 2.91. The van der Waals surface area contributed by atoms with E-state index in [1.54, 1.807) is 11.9 Å². The number of rotatable bonds is 25. The van der Waals surface area contributed by atoms with Gasteiger partial charge in [-0.05, 0) is 33.7 Å². The van der Waals surface area contributed by atoms with Crippen LogP contribution in [0.1, 0.15) is 93.9 Å².